The molecule has 7 heteroatoms. The minimum absolute atomic E-state index is 0.00121. The number of amidine groups is 1. The molecule has 188 valence electrons. The van der Waals surface area contributed by atoms with E-state index in [0.717, 1.165) is 16.8 Å². The van der Waals surface area contributed by atoms with Crippen LogP contribution in [0.25, 0.3) is 5.76 Å². The maximum absolute atomic E-state index is 13.9. The number of halogens is 2. The molecule has 5 nitrogen and oxygen atoms in total. The van der Waals surface area contributed by atoms with Crippen molar-refractivity contribution in [1.29, 1.82) is 5.41 Å². The summed E-state index contributed by atoms with van der Waals surface area (Å²) < 4.78 is 0. The van der Waals surface area contributed by atoms with Crippen LogP contribution in [0.4, 0.5) is 5.69 Å². The molecule has 2 aliphatic rings. The molecule has 0 saturated carbocycles. The Balaban J connectivity index is 1.87. The SMILES string of the molecule is Cc1c(Cl)cccc1N1C(=N)/C(=C(/O)c2ccc(Cl)cc2)C(c2cccnc2)C2=C1CC(C)(C)CC2=O. The van der Waals surface area contributed by atoms with Gasteiger partial charge in [0.25, 0.3) is 0 Å². The number of aliphatic hydroxyl groups is 1. The summed E-state index contributed by atoms with van der Waals surface area (Å²) in [5.74, 6) is -0.634. The molecule has 1 unspecified atom stereocenters. The van der Waals surface area contributed by atoms with Crippen molar-refractivity contribution in [1.82, 2.24) is 4.98 Å². The highest BCUT2D eigenvalue weighted by Gasteiger charge is 2.47. The summed E-state index contributed by atoms with van der Waals surface area (Å²) in [6.07, 6.45) is 4.33. The maximum Gasteiger partial charge on any atom is 0.162 e. The number of aliphatic hydroxyl groups excluding tert-OH is 1. The zero-order valence-corrected chi connectivity index (χ0v) is 22.4. The Hall–Kier alpha value is -3.41. The maximum atomic E-state index is 13.9. The van der Waals surface area contributed by atoms with E-state index in [0.29, 0.717) is 45.3 Å². The van der Waals surface area contributed by atoms with Crippen LogP contribution in [-0.2, 0) is 4.79 Å². The Morgan fingerprint density at radius 1 is 1.08 bits per heavy atom. The highest BCUT2D eigenvalue weighted by atomic mass is 35.5. The van der Waals surface area contributed by atoms with Crippen molar-refractivity contribution >= 4 is 46.3 Å². The quantitative estimate of drug-likeness (QED) is 0.336. The van der Waals surface area contributed by atoms with Gasteiger partial charge in [0, 0.05) is 57.2 Å². The highest BCUT2D eigenvalue weighted by Crippen LogP contribution is 2.51. The van der Waals surface area contributed by atoms with Gasteiger partial charge in [-0.1, -0.05) is 49.2 Å². The molecule has 2 heterocycles. The number of carbonyl (C=O) groups excluding carboxylic acids is 1. The Morgan fingerprint density at radius 3 is 2.49 bits per heavy atom. The van der Waals surface area contributed by atoms with E-state index >= 15 is 0 Å². The number of nitrogens with zero attached hydrogens (tertiary/aromatic N) is 2. The topological polar surface area (TPSA) is 77.3 Å². The average molecular weight is 532 g/mol. The van der Waals surface area contributed by atoms with Gasteiger partial charge < -0.3 is 5.11 Å². The number of Topliss-reactive ketones (excluding diaryl/α,β-unsaturated/α-hetero) is 1. The van der Waals surface area contributed by atoms with E-state index in [1.807, 2.05) is 25.1 Å². The molecule has 3 aromatic rings. The number of rotatable bonds is 3. The molecule has 2 N–H and O–H groups in total. The first-order chi connectivity index (χ1) is 17.6. The van der Waals surface area contributed by atoms with Gasteiger partial charge in [-0.3, -0.25) is 20.1 Å². The van der Waals surface area contributed by atoms with E-state index in [-0.39, 0.29) is 22.8 Å². The molecule has 2 aromatic carbocycles. The van der Waals surface area contributed by atoms with Crippen LogP contribution in [0.2, 0.25) is 10.0 Å². The molecule has 0 bridgehead atoms. The van der Waals surface area contributed by atoms with Crippen LogP contribution >= 0.6 is 23.2 Å². The lowest BCUT2D eigenvalue weighted by atomic mass is 9.67. The van der Waals surface area contributed by atoms with Crippen LogP contribution in [0.3, 0.4) is 0 Å². The van der Waals surface area contributed by atoms with Crippen molar-refractivity contribution in [3.8, 4) is 0 Å². The molecule has 1 aromatic heterocycles. The molecular formula is C30H27Cl2N3O2. The molecule has 0 saturated heterocycles. The van der Waals surface area contributed by atoms with E-state index in [2.05, 4.69) is 18.8 Å². The molecule has 1 aliphatic heterocycles. The number of anilines is 1. The van der Waals surface area contributed by atoms with Crippen molar-refractivity contribution < 1.29 is 9.90 Å². The third kappa shape index (κ3) is 4.47. The Labute approximate surface area is 226 Å². The highest BCUT2D eigenvalue weighted by molar-refractivity contribution is 6.32. The lowest BCUT2D eigenvalue weighted by Crippen LogP contribution is -2.45. The van der Waals surface area contributed by atoms with Crippen molar-refractivity contribution in [3.63, 3.8) is 0 Å². The fourth-order valence-corrected chi connectivity index (χ4v) is 5.66. The summed E-state index contributed by atoms with van der Waals surface area (Å²) in [4.78, 5) is 20.0. The van der Waals surface area contributed by atoms with E-state index in [9.17, 15) is 15.3 Å². The van der Waals surface area contributed by atoms with Crippen LogP contribution in [0.5, 0.6) is 0 Å². The summed E-state index contributed by atoms with van der Waals surface area (Å²) in [6.45, 7) is 6.03. The number of pyridine rings is 1. The third-order valence-corrected chi connectivity index (χ3v) is 7.75. The van der Waals surface area contributed by atoms with Gasteiger partial charge in [0.15, 0.2) is 5.78 Å². The van der Waals surface area contributed by atoms with Gasteiger partial charge in [-0.15, -0.1) is 0 Å². The van der Waals surface area contributed by atoms with Crippen LogP contribution in [0.1, 0.15) is 49.3 Å². The van der Waals surface area contributed by atoms with Crippen LogP contribution < -0.4 is 4.90 Å². The molecular weight excluding hydrogens is 505 g/mol. The summed E-state index contributed by atoms with van der Waals surface area (Å²) in [5, 5.41) is 22.3. The van der Waals surface area contributed by atoms with E-state index in [1.54, 1.807) is 53.7 Å². The zero-order chi connectivity index (χ0) is 26.5. The number of carbonyl (C=O) groups is 1. The number of nitrogens with one attached hydrogen (secondary N) is 1. The van der Waals surface area contributed by atoms with Crippen LogP contribution in [0, 0.1) is 17.7 Å². The first-order valence-electron chi connectivity index (χ1n) is 12.1. The van der Waals surface area contributed by atoms with Gasteiger partial charge in [0.2, 0.25) is 0 Å². The predicted octanol–water partition coefficient (Wildman–Crippen LogP) is 7.89. The molecule has 5 rings (SSSR count). The first-order valence-corrected chi connectivity index (χ1v) is 12.8. The lowest BCUT2D eigenvalue weighted by Gasteiger charge is -2.45. The molecule has 1 atom stereocenters. The molecule has 0 fully saturated rings. The number of benzene rings is 2. The van der Waals surface area contributed by atoms with E-state index in [1.165, 1.54) is 0 Å². The second-order valence-electron chi connectivity index (χ2n) is 10.4. The molecule has 1 aliphatic carbocycles. The normalized spacial score (nSPS) is 20.7. The van der Waals surface area contributed by atoms with Gasteiger partial charge in [0.1, 0.15) is 11.6 Å². The van der Waals surface area contributed by atoms with E-state index < -0.39 is 5.92 Å². The number of hydrogen-bond acceptors (Lipinski definition) is 4. The van der Waals surface area contributed by atoms with Crippen molar-refractivity contribution in [2.75, 3.05) is 4.90 Å². The fraction of sp³-hybridized carbons (Fsp3) is 0.233. The van der Waals surface area contributed by atoms with Crippen molar-refractivity contribution in [2.24, 2.45) is 5.41 Å². The number of allylic oxidation sites excluding steroid dienone is 2. The molecule has 37 heavy (non-hydrogen) atoms. The largest absolute Gasteiger partial charge is 0.507 e. The third-order valence-electron chi connectivity index (χ3n) is 7.09. The van der Waals surface area contributed by atoms with Crippen LogP contribution in [-0.4, -0.2) is 21.7 Å². The second-order valence-corrected chi connectivity index (χ2v) is 11.2. The van der Waals surface area contributed by atoms with Gasteiger partial charge in [-0.25, -0.2) is 0 Å². The van der Waals surface area contributed by atoms with Crippen molar-refractivity contribution in [3.05, 3.63) is 111 Å². The minimum atomic E-state index is -0.647. The van der Waals surface area contributed by atoms with Gasteiger partial charge in [-0.2, -0.15) is 0 Å². The standard InChI is InChI=1S/C30H27Cl2N3O2/c1-17-21(32)7-4-8-22(17)35-23-14-30(2,3)15-24(36)26(23)25(19-6-5-13-34-16-19)27(29(35)33)28(37)18-9-11-20(31)12-10-18/h4-13,16,25,33,37H,14-15H2,1-3H3/b28-27+,33-29?. The first kappa shape index (κ1) is 25.2. The molecule has 0 spiro atoms. The number of hydrogen-bond donors (Lipinski definition) is 2. The van der Waals surface area contributed by atoms with Gasteiger partial charge in [0.05, 0.1) is 5.69 Å². The summed E-state index contributed by atoms with van der Waals surface area (Å²) in [7, 11) is 0. The monoisotopic (exact) mass is 531 g/mol. The lowest BCUT2D eigenvalue weighted by molar-refractivity contribution is -0.118. The van der Waals surface area contributed by atoms with Gasteiger partial charge in [-0.05, 0) is 72.4 Å². The molecule has 0 amide bonds. The van der Waals surface area contributed by atoms with Gasteiger partial charge >= 0.3 is 0 Å². The zero-order valence-electron chi connectivity index (χ0n) is 20.8. The minimum Gasteiger partial charge on any atom is -0.507 e. The number of ketones is 1. The molecule has 0 radical (unpaired) electrons. The Morgan fingerprint density at radius 2 is 1.81 bits per heavy atom. The summed E-state index contributed by atoms with van der Waals surface area (Å²) >= 11 is 12.6. The van der Waals surface area contributed by atoms with Crippen molar-refractivity contribution in [2.45, 2.75) is 39.5 Å². The average Bonchev–Trinajstić information content (AvgIpc) is 2.85. The second kappa shape index (κ2) is 9.47. The fourth-order valence-electron chi connectivity index (χ4n) is 5.36. The summed E-state index contributed by atoms with van der Waals surface area (Å²) in [5.41, 5.74) is 4.14. The Bertz CT molecular complexity index is 1470. The smallest absolute Gasteiger partial charge is 0.162 e. The number of aromatic nitrogens is 1. The summed E-state index contributed by atoms with van der Waals surface area (Å²) in [6, 6.07) is 16.0. The van der Waals surface area contributed by atoms with E-state index in [4.69, 9.17) is 23.2 Å². The predicted molar refractivity (Wildman–Crippen MR) is 149 cm³/mol. The van der Waals surface area contributed by atoms with Crippen LogP contribution in [0.15, 0.2) is 83.8 Å². The Kier molecular flexibility index (Phi) is 6.47.